The van der Waals surface area contributed by atoms with Crippen LogP contribution in [-0.4, -0.2) is 24.4 Å². The molecule has 0 radical (unpaired) electrons. The molecule has 0 unspecified atom stereocenters. The van der Waals surface area contributed by atoms with Gasteiger partial charge < -0.3 is 4.90 Å². The van der Waals surface area contributed by atoms with E-state index in [2.05, 4.69) is 6.92 Å². The number of nitrogens with zero attached hydrogens (tertiary/aromatic N) is 1. The Morgan fingerprint density at radius 1 is 1.64 bits per heavy atom. The van der Waals surface area contributed by atoms with Crippen molar-refractivity contribution in [3.63, 3.8) is 0 Å². The number of rotatable bonds is 2. The van der Waals surface area contributed by atoms with Crippen LogP contribution in [0.5, 0.6) is 0 Å². The van der Waals surface area contributed by atoms with Crippen LogP contribution in [-0.2, 0) is 4.79 Å². The van der Waals surface area contributed by atoms with Gasteiger partial charge in [-0.3, -0.25) is 4.79 Å². The molecule has 0 spiro atoms. The molecule has 0 saturated carbocycles. The largest absolute Gasteiger partial charge is 0.346 e. The van der Waals surface area contributed by atoms with Crippen LogP contribution in [0, 0.1) is 5.92 Å². The van der Waals surface area contributed by atoms with Crippen molar-refractivity contribution in [2.24, 2.45) is 5.92 Å². The van der Waals surface area contributed by atoms with Crippen LogP contribution in [0.1, 0.15) is 32.6 Å². The smallest absolute Gasteiger partial charge is 0.225 e. The van der Waals surface area contributed by atoms with E-state index in [4.69, 9.17) is 0 Å². The average molecular weight is 155 g/mol. The monoisotopic (exact) mass is 155 g/mol. The summed E-state index contributed by atoms with van der Waals surface area (Å²) in [4.78, 5) is 13.3. The minimum atomic E-state index is 0.332. The number of carbonyl (C=O) groups excluding carboxylic acids is 1. The van der Waals surface area contributed by atoms with Crippen molar-refractivity contribution in [3.05, 3.63) is 0 Å². The Kier molecular flexibility index (Phi) is 2.92. The number of carbonyl (C=O) groups is 1. The van der Waals surface area contributed by atoms with Crippen molar-refractivity contribution >= 4 is 5.91 Å². The highest BCUT2D eigenvalue weighted by molar-refractivity contribution is 5.79. The highest BCUT2D eigenvalue weighted by Crippen LogP contribution is 2.20. The van der Waals surface area contributed by atoms with Gasteiger partial charge in [0.05, 0.1) is 0 Å². The Morgan fingerprint density at radius 3 is 3.00 bits per heavy atom. The summed E-state index contributed by atoms with van der Waals surface area (Å²) in [6.45, 7) is 3.10. The van der Waals surface area contributed by atoms with Gasteiger partial charge >= 0.3 is 0 Å². The molecule has 11 heavy (non-hydrogen) atoms. The molecule has 2 heteroatoms. The molecule has 0 aromatic heterocycles. The fourth-order valence-electron chi connectivity index (χ4n) is 1.74. The van der Waals surface area contributed by atoms with Crippen molar-refractivity contribution in [2.45, 2.75) is 32.6 Å². The highest BCUT2D eigenvalue weighted by atomic mass is 16.2. The maximum absolute atomic E-state index is 11.4. The molecule has 1 aliphatic rings. The summed E-state index contributed by atoms with van der Waals surface area (Å²) in [5.74, 6) is 0.692. The number of hydrogen-bond acceptors (Lipinski definition) is 1. The second-order valence-electron chi connectivity index (χ2n) is 3.39. The van der Waals surface area contributed by atoms with Gasteiger partial charge in [-0.05, 0) is 19.3 Å². The minimum Gasteiger partial charge on any atom is -0.346 e. The molecule has 1 aliphatic heterocycles. The van der Waals surface area contributed by atoms with Crippen LogP contribution in [0.2, 0.25) is 0 Å². The van der Waals surface area contributed by atoms with Gasteiger partial charge in [0, 0.05) is 19.5 Å². The molecule has 0 N–H and O–H groups in total. The summed E-state index contributed by atoms with van der Waals surface area (Å²) in [7, 11) is 1.91. The minimum absolute atomic E-state index is 0.332. The number of piperidine rings is 1. The van der Waals surface area contributed by atoms with Crippen LogP contribution in [0.4, 0.5) is 0 Å². The predicted octanol–water partition coefficient (Wildman–Crippen LogP) is 1.65. The molecule has 0 bridgehead atoms. The molecule has 1 amide bonds. The van der Waals surface area contributed by atoms with E-state index in [0.717, 1.165) is 25.8 Å². The third-order valence-corrected chi connectivity index (χ3v) is 2.41. The highest BCUT2D eigenvalue weighted by Gasteiger charge is 2.24. The van der Waals surface area contributed by atoms with Gasteiger partial charge in [-0.1, -0.05) is 13.3 Å². The van der Waals surface area contributed by atoms with Crippen molar-refractivity contribution in [2.75, 3.05) is 13.6 Å². The van der Waals surface area contributed by atoms with Crippen LogP contribution in [0.3, 0.4) is 0 Å². The lowest BCUT2D eigenvalue weighted by atomic mass is 9.93. The van der Waals surface area contributed by atoms with Crippen molar-refractivity contribution in [3.8, 4) is 0 Å². The van der Waals surface area contributed by atoms with E-state index < -0.39 is 0 Å². The average Bonchev–Trinajstić information content (AvgIpc) is 1.99. The molecule has 0 aliphatic carbocycles. The predicted molar refractivity (Wildman–Crippen MR) is 45.3 cm³/mol. The van der Waals surface area contributed by atoms with E-state index >= 15 is 0 Å². The third-order valence-electron chi connectivity index (χ3n) is 2.41. The molecule has 1 heterocycles. The molecule has 2 nitrogen and oxygen atoms in total. The van der Waals surface area contributed by atoms with Gasteiger partial charge in [0.25, 0.3) is 0 Å². The molecular formula is C9H17NO. The first kappa shape index (κ1) is 8.57. The first-order valence-electron chi connectivity index (χ1n) is 4.50. The van der Waals surface area contributed by atoms with Gasteiger partial charge in [0.2, 0.25) is 5.91 Å². The second kappa shape index (κ2) is 3.74. The topological polar surface area (TPSA) is 20.3 Å². The lowest BCUT2D eigenvalue weighted by Crippen LogP contribution is -2.38. The van der Waals surface area contributed by atoms with E-state index in [1.807, 2.05) is 11.9 Å². The fourth-order valence-corrected chi connectivity index (χ4v) is 1.74. The van der Waals surface area contributed by atoms with Gasteiger partial charge in [0.15, 0.2) is 0 Å². The zero-order valence-electron chi connectivity index (χ0n) is 7.47. The van der Waals surface area contributed by atoms with Gasteiger partial charge in [-0.2, -0.15) is 0 Å². The van der Waals surface area contributed by atoms with Crippen molar-refractivity contribution in [1.29, 1.82) is 0 Å². The zero-order chi connectivity index (χ0) is 8.27. The molecule has 0 aromatic carbocycles. The Labute approximate surface area is 68.6 Å². The van der Waals surface area contributed by atoms with Crippen LogP contribution < -0.4 is 0 Å². The molecule has 1 saturated heterocycles. The third kappa shape index (κ3) is 1.95. The van der Waals surface area contributed by atoms with Crippen LogP contribution in [0.15, 0.2) is 0 Å². The number of amides is 1. The number of hydrogen-bond donors (Lipinski definition) is 0. The van der Waals surface area contributed by atoms with Gasteiger partial charge in [0.1, 0.15) is 0 Å². The number of likely N-dealkylation sites (tertiary alicyclic amines) is 1. The SMILES string of the molecule is CCC[C@@H]1CCCN(C)C1=O. The maximum Gasteiger partial charge on any atom is 0.225 e. The Bertz CT molecular complexity index is 142. The summed E-state index contributed by atoms with van der Waals surface area (Å²) in [6, 6.07) is 0. The van der Waals surface area contributed by atoms with E-state index in [1.165, 1.54) is 6.42 Å². The quantitative estimate of drug-likeness (QED) is 0.594. The molecular weight excluding hydrogens is 138 g/mol. The summed E-state index contributed by atoms with van der Waals surface area (Å²) in [5, 5.41) is 0. The zero-order valence-corrected chi connectivity index (χ0v) is 7.47. The standard InChI is InChI=1S/C9H17NO/c1-3-5-8-6-4-7-10(2)9(8)11/h8H,3-7H2,1-2H3/t8-/m1/s1. The summed E-state index contributed by atoms with van der Waals surface area (Å²) in [5.41, 5.74) is 0. The fraction of sp³-hybridized carbons (Fsp3) is 0.889. The van der Waals surface area contributed by atoms with Crippen molar-refractivity contribution < 1.29 is 4.79 Å². The summed E-state index contributed by atoms with van der Waals surface area (Å²) >= 11 is 0. The maximum atomic E-state index is 11.4. The van der Waals surface area contributed by atoms with Crippen LogP contribution >= 0.6 is 0 Å². The Balaban J connectivity index is 2.44. The lowest BCUT2D eigenvalue weighted by Gasteiger charge is -2.28. The normalized spacial score (nSPS) is 25.8. The van der Waals surface area contributed by atoms with Gasteiger partial charge in [-0.25, -0.2) is 0 Å². The van der Waals surface area contributed by atoms with E-state index in [0.29, 0.717) is 11.8 Å². The summed E-state index contributed by atoms with van der Waals surface area (Å²) < 4.78 is 0. The van der Waals surface area contributed by atoms with Crippen LogP contribution in [0.25, 0.3) is 0 Å². The first-order valence-corrected chi connectivity index (χ1v) is 4.50. The molecule has 64 valence electrons. The first-order chi connectivity index (χ1) is 5.25. The second-order valence-corrected chi connectivity index (χ2v) is 3.39. The molecule has 0 aromatic rings. The summed E-state index contributed by atoms with van der Waals surface area (Å²) in [6.07, 6.45) is 4.50. The van der Waals surface area contributed by atoms with E-state index in [9.17, 15) is 4.79 Å². The van der Waals surface area contributed by atoms with E-state index in [1.54, 1.807) is 0 Å². The van der Waals surface area contributed by atoms with Gasteiger partial charge in [-0.15, -0.1) is 0 Å². The Morgan fingerprint density at radius 2 is 2.36 bits per heavy atom. The van der Waals surface area contributed by atoms with Crippen molar-refractivity contribution in [1.82, 2.24) is 4.90 Å². The van der Waals surface area contributed by atoms with E-state index in [-0.39, 0.29) is 0 Å². The molecule has 1 atom stereocenters. The molecule has 1 fully saturated rings. The molecule has 1 rings (SSSR count). The lowest BCUT2D eigenvalue weighted by molar-refractivity contribution is -0.137. The Hall–Kier alpha value is -0.530.